The van der Waals surface area contributed by atoms with Crippen LogP contribution in [-0.4, -0.2) is 17.2 Å². The third-order valence-electron chi connectivity index (χ3n) is 5.32. The number of allylic oxidation sites excluding steroid dienone is 1. The zero-order chi connectivity index (χ0) is 14.3. The van der Waals surface area contributed by atoms with Crippen molar-refractivity contribution in [3.63, 3.8) is 0 Å². The molecule has 2 N–H and O–H groups in total. The Kier molecular flexibility index (Phi) is 3.83. The molecular weight excluding hydrogens is 264 g/mol. The number of nitrogens with one attached hydrogen (secondary N) is 2. The van der Waals surface area contributed by atoms with Gasteiger partial charge >= 0.3 is 0 Å². The molecule has 0 aromatic carbocycles. The molecule has 0 amide bonds. The van der Waals surface area contributed by atoms with Crippen LogP contribution in [0.4, 0.5) is 0 Å². The van der Waals surface area contributed by atoms with Crippen LogP contribution in [0, 0.1) is 23.2 Å². The highest BCUT2D eigenvalue weighted by molar-refractivity contribution is 7.80. The minimum atomic E-state index is 0.445. The zero-order valence-corrected chi connectivity index (χ0v) is 13.8. The fourth-order valence-electron chi connectivity index (χ4n) is 4.80. The molecule has 0 aromatic heterocycles. The van der Waals surface area contributed by atoms with Crippen LogP contribution in [0.5, 0.6) is 0 Å². The lowest BCUT2D eigenvalue weighted by molar-refractivity contribution is 0.161. The summed E-state index contributed by atoms with van der Waals surface area (Å²) in [5.41, 5.74) is 0.445. The standard InChI is InChI=1S/C17H28N2S/c1-11-6-14(10-17(2,3)9-11)18-16(20)19-15-8-12-4-5-13(15)7-12/h4-5,11-15H,6-10H2,1-3H3,(H2,18,19,20)/t11-,12-,13-,14+,15+/m0/s1. The Morgan fingerprint density at radius 2 is 1.90 bits per heavy atom. The van der Waals surface area contributed by atoms with Crippen LogP contribution >= 0.6 is 12.2 Å². The van der Waals surface area contributed by atoms with Gasteiger partial charge < -0.3 is 10.6 Å². The highest BCUT2D eigenvalue weighted by Crippen LogP contribution is 2.40. The summed E-state index contributed by atoms with van der Waals surface area (Å²) < 4.78 is 0. The third kappa shape index (κ3) is 3.19. The SMILES string of the molecule is C[C@H]1C[C@@H](NC(=S)N[C@@H]2C[C@H]3C=C[C@H]2C3)CC(C)(C)C1. The molecule has 2 saturated carbocycles. The summed E-state index contributed by atoms with van der Waals surface area (Å²) in [5, 5.41) is 8.04. The molecule has 112 valence electrons. The fourth-order valence-corrected chi connectivity index (χ4v) is 5.12. The van der Waals surface area contributed by atoms with Crippen LogP contribution in [-0.2, 0) is 0 Å². The molecule has 0 saturated heterocycles. The van der Waals surface area contributed by atoms with Crippen LogP contribution in [0.1, 0.15) is 52.9 Å². The zero-order valence-electron chi connectivity index (χ0n) is 13.0. The predicted molar refractivity (Wildman–Crippen MR) is 88.6 cm³/mol. The van der Waals surface area contributed by atoms with Gasteiger partial charge in [-0.1, -0.05) is 32.9 Å². The first-order valence-electron chi connectivity index (χ1n) is 8.17. The Morgan fingerprint density at radius 1 is 1.10 bits per heavy atom. The van der Waals surface area contributed by atoms with Crippen molar-refractivity contribution < 1.29 is 0 Å². The minimum Gasteiger partial charge on any atom is -0.360 e. The van der Waals surface area contributed by atoms with Crippen molar-refractivity contribution in [3.8, 4) is 0 Å². The van der Waals surface area contributed by atoms with E-state index in [2.05, 4.69) is 43.6 Å². The Bertz CT molecular complexity index is 415. The van der Waals surface area contributed by atoms with Gasteiger partial charge in [0.15, 0.2) is 5.11 Å². The lowest BCUT2D eigenvalue weighted by Gasteiger charge is -2.40. The molecule has 0 aliphatic heterocycles. The molecule has 2 bridgehead atoms. The van der Waals surface area contributed by atoms with Crippen molar-refractivity contribution in [2.24, 2.45) is 23.2 Å². The monoisotopic (exact) mass is 292 g/mol. The van der Waals surface area contributed by atoms with Gasteiger partial charge in [0.25, 0.3) is 0 Å². The molecular formula is C17H28N2S. The molecule has 0 radical (unpaired) electrons. The number of fused-ring (bicyclic) bond motifs is 2. The van der Waals surface area contributed by atoms with Crippen LogP contribution in [0.3, 0.4) is 0 Å². The van der Waals surface area contributed by atoms with E-state index in [-0.39, 0.29) is 0 Å². The summed E-state index contributed by atoms with van der Waals surface area (Å²) in [7, 11) is 0. The molecule has 3 heteroatoms. The highest BCUT2D eigenvalue weighted by Gasteiger charge is 2.36. The van der Waals surface area contributed by atoms with Gasteiger partial charge in [-0.05, 0) is 67.5 Å². The number of thiocarbonyl (C=S) groups is 1. The fraction of sp³-hybridized carbons (Fsp3) is 0.824. The van der Waals surface area contributed by atoms with Gasteiger partial charge in [-0.25, -0.2) is 0 Å². The first kappa shape index (κ1) is 14.4. The van der Waals surface area contributed by atoms with Crippen LogP contribution in [0.25, 0.3) is 0 Å². The normalized spacial score (nSPS) is 41.6. The summed E-state index contributed by atoms with van der Waals surface area (Å²) in [6.07, 6.45) is 11.2. The minimum absolute atomic E-state index is 0.445. The van der Waals surface area contributed by atoms with E-state index in [0.29, 0.717) is 23.4 Å². The summed E-state index contributed by atoms with van der Waals surface area (Å²) in [6.45, 7) is 7.13. The Morgan fingerprint density at radius 3 is 2.50 bits per heavy atom. The van der Waals surface area contributed by atoms with E-state index in [1.807, 2.05) is 0 Å². The van der Waals surface area contributed by atoms with Crippen molar-refractivity contribution in [2.45, 2.75) is 65.0 Å². The maximum Gasteiger partial charge on any atom is 0.166 e. The van der Waals surface area contributed by atoms with E-state index in [4.69, 9.17) is 12.2 Å². The Balaban J connectivity index is 1.50. The molecule has 3 aliphatic carbocycles. The molecule has 0 spiro atoms. The maximum atomic E-state index is 5.55. The van der Waals surface area contributed by atoms with Crippen molar-refractivity contribution in [1.29, 1.82) is 0 Å². The quantitative estimate of drug-likeness (QED) is 0.600. The summed E-state index contributed by atoms with van der Waals surface area (Å²) in [5.74, 6) is 2.31. The van der Waals surface area contributed by atoms with Crippen LogP contribution in [0.15, 0.2) is 12.2 Å². The van der Waals surface area contributed by atoms with E-state index < -0.39 is 0 Å². The summed E-state index contributed by atoms with van der Waals surface area (Å²) >= 11 is 5.55. The van der Waals surface area contributed by atoms with E-state index >= 15 is 0 Å². The van der Waals surface area contributed by atoms with E-state index in [9.17, 15) is 0 Å². The van der Waals surface area contributed by atoms with Crippen molar-refractivity contribution in [2.75, 3.05) is 0 Å². The van der Waals surface area contributed by atoms with E-state index in [0.717, 1.165) is 16.9 Å². The third-order valence-corrected chi connectivity index (χ3v) is 5.55. The second-order valence-electron chi connectivity index (χ2n) is 8.11. The first-order chi connectivity index (χ1) is 9.41. The Hall–Kier alpha value is -0.570. The number of rotatable bonds is 2. The van der Waals surface area contributed by atoms with Crippen molar-refractivity contribution >= 4 is 17.3 Å². The van der Waals surface area contributed by atoms with E-state index in [1.54, 1.807) is 0 Å². The largest absolute Gasteiger partial charge is 0.360 e. The molecule has 0 aromatic rings. The smallest absolute Gasteiger partial charge is 0.166 e. The molecule has 0 heterocycles. The summed E-state index contributed by atoms with van der Waals surface area (Å²) in [6, 6.07) is 1.11. The molecule has 3 rings (SSSR count). The molecule has 2 nitrogen and oxygen atoms in total. The second-order valence-corrected chi connectivity index (χ2v) is 8.52. The molecule has 5 atom stereocenters. The summed E-state index contributed by atoms with van der Waals surface area (Å²) in [4.78, 5) is 0. The van der Waals surface area contributed by atoms with Crippen LogP contribution in [0.2, 0.25) is 0 Å². The second kappa shape index (κ2) is 5.32. The number of hydrogen-bond acceptors (Lipinski definition) is 1. The number of hydrogen-bond donors (Lipinski definition) is 2. The van der Waals surface area contributed by atoms with Crippen molar-refractivity contribution in [3.05, 3.63) is 12.2 Å². The van der Waals surface area contributed by atoms with Gasteiger partial charge in [0.05, 0.1) is 0 Å². The highest BCUT2D eigenvalue weighted by atomic mass is 32.1. The lowest BCUT2D eigenvalue weighted by atomic mass is 9.71. The lowest BCUT2D eigenvalue weighted by Crippen LogP contribution is -2.50. The molecule has 0 unspecified atom stereocenters. The van der Waals surface area contributed by atoms with E-state index in [1.165, 1.54) is 32.1 Å². The van der Waals surface area contributed by atoms with Gasteiger partial charge in [0.2, 0.25) is 0 Å². The molecule has 2 fully saturated rings. The van der Waals surface area contributed by atoms with Gasteiger partial charge in [-0.2, -0.15) is 0 Å². The first-order valence-corrected chi connectivity index (χ1v) is 8.57. The average molecular weight is 292 g/mol. The predicted octanol–water partition coefficient (Wildman–Crippen LogP) is 3.63. The average Bonchev–Trinajstić information content (AvgIpc) is 2.87. The van der Waals surface area contributed by atoms with Gasteiger partial charge in [0, 0.05) is 12.1 Å². The molecule has 3 aliphatic rings. The van der Waals surface area contributed by atoms with Gasteiger partial charge in [0.1, 0.15) is 0 Å². The van der Waals surface area contributed by atoms with Crippen molar-refractivity contribution in [1.82, 2.24) is 10.6 Å². The topological polar surface area (TPSA) is 24.1 Å². The Labute approximate surface area is 128 Å². The van der Waals surface area contributed by atoms with Crippen LogP contribution < -0.4 is 10.6 Å². The van der Waals surface area contributed by atoms with Gasteiger partial charge in [-0.15, -0.1) is 0 Å². The maximum absolute atomic E-state index is 5.55. The van der Waals surface area contributed by atoms with Gasteiger partial charge in [-0.3, -0.25) is 0 Å². The molecule has 20 heavy (non-hydrogen) atoms.